The molecule has 2 heterocycles. The maximum atomic E-state index is 12.8. The third-order valence-corrected chi connectivity index (χ3v) is 5.06. The van der Waals surface area contributed by atoms with Crippen molar-refractivity contribution >= 4 is 29.9 Å². The van der Waals surface area contributed by atoms with Gasteiger partial charge in [-0.15, -0.1) is 12.4 Å². The van der Waals surface area contributed by atoms with Crippen LogP contribution in [0.3, 0.4) is 0 Å². The molecule has 3 rings (SSSR count). The summed E-state index contributed by atoms with van der Waals surface area (Å²) >= 11 is 0. The van der Waals surface area contributed by atoms with E-state index in [1.54, 1.807) is 24.3 Å². The maximum Gasteiger partial charge on any atom is 0.253 e. The van der Waals surface area contributed by atoms with Gasteiger partial charge in [0.05, 0.1) is 12.2 Å². The van der Waals surface area contributed by atoms with Crippen LogP contribution in [0.25, 0.3) is 0 Å². The first kappa shape index (κ1) is 22.9. The zero-order chi connectivity index (χ0) is 20.1. The van der Waals surface area contributed by atoms with Gasteiger partial charge in [-0.05, 0) is 57.1 Å². The lowest BCUT2D eigenvalue weighted by Gasteiger charge is -2.22. The summed E-state index contributed by atoms with van der Waals surface area (Å²) < 4.78 is 2.06. The van der Waals surface area contributed by atoms with E-state index in [1.807, 2.05) is 11.8 Å². The molecule has 0 aliphatic carbocycles. The highest BCUT2D eigenvalue weighted by Crippen LogP contribution is 2.14. The van der Waals surface area contributed by atoms with Gasteiger partial charge in [-0.2, -0.15) is 5.10 Å². The summed E-state index contributed by atoms with van der Waals surface area (Å²) in [6, 6.07) is 9.19. The van der Waals surface area contributed by atoms with Crippen LogP contribution in [0, 0.1) is 13.8 Å². The Morgan fingerprint density at radius 3 is 2.38 bits per heavy atom. The van der Waals surface area contributed by atoms with E-state index in [4.69, 9.17) is 0 Å². The van der Waals surface area contributed by atoms with Gasteiger partial charge in [-0.1, -0.05) is 0 Å². The van der Waals surface area contributed by atoms with Crippen molar-refractivity contribution in [3.05, 3.63) is 47.3 Å². The summed E-state index contributed by atoms with van der Waals surface area (Å²) in [5.74, 6) is -0.0677. The Hall–Kier alpha value is -2.38. The number of benzene rings is 1. The SMILES string of the molecule is CC(=O)Nc1ccc(C(=O)N2CCCN(CCn3nc(C)cc3C)CC2)cc1.Cl. The molecule has 1 N–H and O–H groups in total. The van der Waals surface area contributed by atoms with Crippen molar-refractivity contribution in [1.29, 1.82) is 0 Å². The molecule has 1 aromatic heterocycles. The Morgan fingerprint density at radius 1 is 1.03 bits per heavy atom. The summed E-state index contributed by atoms with van der Waals surface area (Å²) in [6.45, 7) is 10.7. The minimum absolute atomic E-state index is 0. The van der Waals surface area contributed by atoms with Crippen LogP contribution in [-0.4, -0.2) is 64.1 Å². The molecule has 0 spiro atoms. The predicted octanol–water partition coefficient (Wildman–Crippen LogP) is 2.73. The number of rotatable bonds is 5. The lowest BCUT2D eigenvalue weighted by molar-refractivity contribution is -0.114. The van der Waals surface area contributed by atoms with Gasteiger partial charge in [-0.25, -0.2) is 0 Å². The number of anilines is 1. The minimum atomic E-state index is -0.118. The molecule has 158 valence electrons. The maximum absolute atomic E-state index is 12.8. The van der Waals surface area contributed by atoms with E-state index < -0.39 is 0 Å². The van der Waals surface area contributed by atoms with E-state index in [2.05, 4.69) is 33.0 Å². The highest BCUT2D eigenvalue weighted by Gasteiger charge is 2.20. The van der Waals surface area contributed by atoms with Crippen LogP contribution in [-0.2, 0) is 11.3 Å². The van der Waals surface area contributed by atoms with Gasteiger partial charge in [0.2, 0.25) is 5.91 Å². The molecule has 29 heavy (non-hydrogen) atoms. The fourth-order valence-electron chi connectivity index (χ4n) is 3.62. The first-order valence-electron chi connectivity index (χ1n) is 9.83. The van der Waals surface area contributed by atoms with Crippen molar-refractivity contribution in [2.45, 2.75) is 33.7 Å². The normalized spacial score (nSPS) is 14.8. The van der Waals surface area contributed by atoms with Crippen molar-refractivity contribution in [2.24, 2.45) is 0 Å². The zero-order valence-electron chi connectivity index (χ0n) is 17.4. The van der Waals surface area contributed by atoms with Crippen molar-refractivity contribution < 1.29 is 9.59 Å². The Kier molecular flexibility index (Phi) is 8.22. The molecule has 1 aliphatic heterocycles. The van der Waals surface area contributed by atoms with E-state index in [-0.39, 0.29) is 24.2 Å². The molecule has 0 bridgehead atoms. The average Bonchev–Trinajstić information content (AvgIpc) is 2.84. The molecule has 0 atom stereocenters. The van der Waals surface area contributed by atoms with E-state index in [1.165, 1.54) is 12.6 Å². The summed E-state index contributed by atoms with van der Waals surface area (Å²) in [7, 11) is 0. The topological polar surface area (TPSA) is 70.5 Å². The molecule has 0 radical (unpaired) electrons. The van der Waals surface area contributed by atoms with Gasteiger partial charge in [0.1, 0.15) is 0 Å². The van der Waals surface area contributed by atoms with Gasteiger partial charge in [0, 0.05) is 50.0 Å². The first-order chi connectivity index (χ1) is 13.4. The summed E-state index contributed by atoms with van der Waals surface area (Å²) in [5.41, 5.74) is 3.60. The first-order valence-corrected chi connectivity index (χ1v) is 9.83. The highest BCUT2D eigenvalue weighted by molar-refractivity contribution is 5.95. The fraction of sp³-hybridized carbons (Fsp3) is 0.476. The molecule has 1 saturated heterocycles. The second kappa shape index (κ2) is 10.4. The third-order valence-electron chi connectivity index (χ3n) is 5.06. The van der Waals surface area contributed by atoms with Crippen LogP contribution < -0.4 is 5.32 Å². The van der Waals surface area contributed by atoms with Gasteiger partial charge in [-0.3, -0.25) is 19.2 Å². The number of hydrogen-bond donors (Lipinski definition) is 1. The van der Waals surface area contributed by atoms with E-state index in [0.29, 0.717) is 11.3 Å². The lowest BCUT2D eigenvalue weighted by atomic mass is 10.1. The number of halogens is 1. The fourth-order valence-corrected chi connectivity index (χ4v) is 3.62. The third kappa shape index (κ3) is 6.30. The largest absolute Gasteiger partial charge is 0.337 e. The molecule has 1 fully saturated rings. The van der Waals surface area contributed by atoms with Crippen molar-refractivity contribution in [3.63, 3.8) is 0 Å². The summed E-state index contributed by atoms with van der Waals surface area (Å²) in [5, 5.41) is 7.25. The van der Waals surface area contributed by atoms with Crippen LogP contribution in [0.15, 0.2) is 30.3 Å². The van der Waals surface area contributed by atoms with E-state index >= 15 is 0 Å². The van der Waals surface area contributed by atoms with E-state index in [0.717, 1.165) is 51.4 Å². The number of carbonyl (C=O) groups excluding carboxylic acids is 2. The molecule has 8 heteroatoms. The number of nitrogens with zero attached hydrogens (tertiary/aromatic N) is 4. The molecule has 0 unspecified atom stereocenters. The predicted molar refractivity (Wildman–Crippen MR) is 117 cm³/mol. The number of carbonyl (C=O) groups is 2. The van der Waals surface area contributed by atoms with Crippen molar-refractivity contribution in [2.75, 3.05) is 38.0 Å². The van der Waals surface area contributed by atoms with Gasteiger partial charge in [0.25, 0.3) is 5.91 Å². The minimum Gasteiger partial charge on any atom is -0.337 e. The number of aromatic nitrogens is 2. The zero-order valence-corrected chi connectivity index (χ0v) is 18.2. The molecule has 7 nitrogen and oxygen atoms in total. The van der Waals surface area contributed by atoms with Gasteiger partial charge >= 0.3 is 0 Å². The highest BCUT2D eigenvalue weighted by atomic mass is 35.5. The van der Waals surface area contributed by atoms with Gasteiger partial charge < -0.3 is 10.2 Å². The van der Waals surface area contributed by atoms with E-state index in [9.17, 15) is 9.59 Å². The Labute approximate surface area is 178 Å². The molecule has 0 saturated carbocycles. The quantitative estimate of drug-likeness (QED) is 0.808. The Bertz CT molecular complexity index is 834. The molecular weight excluding hydrogens is 390 g/mol. The smallest absolute Gasteiger partial charge is 0.253 e. The van der Waals surface area contributed by atoms with Crippen LogP contribution >= 0.6 is 12.4 Å². The number of amides is 2. The van der Waals surface area contributed by atoms with Crippen LogP contribution in [0.1, 0.15) is 35.1 Å². The van der Waals surface area contributed by atoms with Gasteiger partial charge in [0.15, 0.2) is 0 Å². The standard InChI is InChI=1S/C21H29N5O2.ClH/c1-16-15-17(2)26(23-16)14-12-24-9-4-10-25(13-11-24)21(28)19-5-7-20(8-6-19)22-18(3)27;/h5-8,15H,4,9-14H2,1-3H3,(H,22,27);1H. The molecule has 1 aliphatic rings. The van der Waals surface area contributed by atoms with Crippen LogP contribution in [0.5, 0.6) is 0 Å². The lowest BCUT2D eigenvalue weighted by Crippen LogP contribution is -2.36. The molecule has 1 aromatic carbocycles. The average molecular weight is 420 g/mol. The van der Waals surface area contributed by atoms with Crippen molar-refractivity contribution in [1.82, 2.24) is 19.6 Å². The summed E-state index contributed by atoms with van der Waals surface area (Å²) in [4.78, 5) is 28.3. The Morgan fingerprint density at radius 2 is 1.76 bits per heavy atom. The molecule has 2 amide bonds. The van der Waals surface area contributed by atoms with Crippen LogP contribution in [0.4, 0.5) is 5.69 Å². The number of aryl methyl sites for hydroxylation is 2. The molecular formula is C21H30ClN5O2. The molecule has 2 aromatic rings. The Balaban J connectivity index is 0.00000300. The van der Waals surface area contributed by atoms with Crippen molar-refractivity contribution in [3.8, 4) is 0 Å². The summed E-state index contributed by atoms with van der Waals surface area (Å²) in [6.07, 6.45) is 0.965. The second-order valence-corrected chi connectivity index (χ2v) is 7.40. The number of nitrogens with one attached hydrogen (secondary N) is 1. The monoisotopic (exact) mass is 419 g/mol. The van der Waals surface area contributed by atoms with Crippen LogP contribution in [0.2, 0.25) is 0 Å². The second-order valence-electron chi connectivity index (χ2n) is 7.40. The number of hydrogen-bond acceptors (Lipinski definition) is 4.